The van der Waals surface area contributed by atoms with Crippen molar-refractivity contribution in [2.75, 3.05) is 13.1 Å². The average molecular weight is 400 g/mol. The van der Waals surface area contributed by atoms with E-state index in [-0.39, 0.29) is 28.6 Å². The van der Waals surface area contributed by atoms with Crippen LogP contribution < -0.4 is 5.32 Å². The van der Waals surface area contributed by atoms with Crippen LogP contribution in [-0.2, 0) is 15.0 Å². The van der Waals surface area contributed by atoms with Crippen molar-refractivity contribution < 1.29 is 19.1 Å². The van der Waals surface area contributed by atoms with Crippen molar-refractivity contribution in [3.63, 3.8) is 0 Å². The molecule has 5 nitrogen and oxygen atoms in total. The van der Waals surface area contributed by atoms with Gasteiger partial charge in [-0.25, -0.2) is 4.39 Å². The number of nitrogens with one attached hydrogen (secondary N) is 1. The number of halogens is 1. The van der Waals surface area contributed by atoms with Gasteiger partial charge < -0.3 is 15.3 Å². The molecule has 156 valence electrons. The third-order valence-electron chi connectivity index (χ3n) is 8.13. The molecule has 1 aliphatic heterocycles. The van der Waals surface area contributed by atoms with Gasteiger partial charge in [-0.1, -0.05) is 12.1 Å². The number of rotatable bonds is 4. The SMILES string of the molecule is CC(=O)N[C@]12CC3CC(C1)[C@@](CC(=O)N1CC(O)C1)(c1ccc(F)cc1)C(C3)C2. The van der Waals surface area contributed by atoms with Gasteiger partial charge in [-0.3, -0.25) is 9.59 Å². The molecule has 6 rings (SSSR count). The molecule has 6 heteroatoms. The highest BCUT2D eigenvalue weighted by atomic mass is 19.1. The number of carbonyl (C=O) groups is 2. The van der Waals surface area contributed by atoms with Gasteiger partial charge in [0.05, 0.1) is 6.10 Å². The number of hydrogen-bond donors (Lipinski definition) is 2. The maximum absolute atomic E-state index is 13.7. The molecule has 2 N–H and O–H groups in total. The van der Waals surface area contributed by atoms with Crippen LogP contribution >= 0.6 is 0 Å². The molecule has 0 spiro atoms. The van der Waals surface area contributed by atoms with Crippen LogP contribution in [0.5, 0.6) is 0 Å². The zero-order chi connectivity index (χ0) is 20.4. The molecule has 4 saturated carbocycles. The minimum Gasteiger partial charge on any atom is -0.389 e. The molecule has 1 heterocycles. The van der Waals surface area contributed by atoms with E-state index in [2.05, 4.69) is 5.32 Å². The monoisotopic (exact) mass is 400 g/mol. The number of hydrogen-bond acceptors (Lipinski definition) is 3. The van der Waals surface area contributed by atoms with E-state index in [1.807, 2.05) is 12.1 Å². The van der Waals surface area contributed by atoms with Gasteiger partial charge in [0.2, 0.25) is 11.8 Å². The van der Waals surface area contributed by atoms with E-state index >= 15 is 0 Å². The van der Waals surface area contributed by atoms with Gasteiger partial charge in [0.1, 0.15) is 5.82 Å². The van der Waals surface area contributed by atoms with Crippen LogP contribution in [0.15, 0.2) is 24.3 Å². The second kappa shape index (κ2) is 6.53. The summed E-state index contributed by atoms with van der Waals surface area (Å²) in [5, 5.41) is 12.9. The number of nitrogens with zero attached hydrogens (tertiary/aromatic N) is 1. The lowest BCUT2D eigenvalue weighted by Crippen LogP contribution is -2.67. The van der Waals surface area contributed by atoms with Crippen LogP contribution in [0, 0.1) is 23.6 Å². The molecular formula is C23H29FN2O3. The van der Waals surface area contributed by atoms with Crippen LogP contribution in [0.3, 0.4) is 0 Å². The molecule has 5 aliphatic rings. The first-order chi connectivity index (χ1) is 13.8. The van der Waals surface area contributed by atoms with Crippen molar-refractivity contribution in [1.82, 2.24) is 10.2 Å². The van der Waals surface area contributed by atoms with E-state index in [4.69, 9.17) is 0 Å². The van der Waals surface area contributed by atoms with E-state index < -0.39 is 6.10 Å². The summed E-state index contributed by atoms with van der Waals surface area (Å²) in [6.45, 7) is 2.41. The molecule has 4 bridgehead atoms. The number of amides is 2. The summed E-state index contributed by atoms with van der Waals surface area (Å²) in [6, 6.07) is 6.73. The number of aliphatic hydroxyl groups is 1. The lowest BCUT2D eigenvalue weighted by Gasteiger charge is -2.66. The minimum absolute atomic E-state index is 0.0185. The lowest BCUT2D eigenvalue weighted by molar-refractivity contribution is -0.151. The Morgan fingerprint density at radius 1 is 1.14 bits per heavy atom. The largest absolute Gasteiger partial charge is 0.389 e. The smallest absolute Gasteiger partial charge is 0.223 e. The van der Waals surface area contributed by atoms with Crippen molar-refractivity contribution in [3.8, 4) is 0 Å². The first kappa shape index (κ1) is 19.0. The summed E-state index contributed by atoms with van der Waals surface area (Å²) in [7, 11) is 0. The second-order valence-corrected chi connectivity index (χ2v) is 9.98. The second-order valence-electron chi connectivity index (χ2n) is 9.98. The van der Waals surface area contributed by atoms with Gasteiger partial charge in [-0.05, 0) is 67.6 Å². The van der Waals surface area contributed by atoms with Crippen molar-refractivity contribution in [3.05, 3.63) is 35.6 Å². The van der Waals surface area contributed by atoms with Gasteiger partial charge in [-0.15, -0.1) is 0 Å². The van der Waals surface area contributed by atoms with Crippen molar-refractivity contribution >= 4 is 11.8 Å². The summed E-state index contributed by atoms with van der Waals surface area (Å²) in [5.41, 5.74) is 0.589. The highest BCUT2D eigenvalue weighted by Crippen LogP contribution is 2.65. The third-order valence-corrected chi connectivity index (χ3v) is 8.13. The van der Waals surface area contributed by atoms with Crippen LogP contribution in [0.1, 0.15) is 51.0 Å². The Morgan fingerprint density at radius 2 is 1.76 bits per heavy atom. The van der Waals surface area contributed by atoms with Crippen molar-refractivity contribution in [2.45, 2.75) is 62.5 Å². The molecular weight excluding hydrogens is 371 g/mol. The Bertz CT molecular complexity index is 817. The fourth-order valence-electron chi connectivity index (χ4n) is 7.27. The average Bonchev–Trinajstić information content (AvgIpc) is 2.61. The van der Waals surface area contributed by atoms with Gasteiger partial charge >= 0.3 is 0 Å². The maximum Gasteiger partial charge on any atom is 0.223 e. The quantitative estimate of drug-likeness (QED) is 0.815. The lowest BCUT2D eigenvalue weighted by atomic mass is 9.41. The Hall–Kier alpha value is -1.95. The molecule has 0 aromatic heterocycles. The van der Waals surface area contributed by atoms with E-state index in [1.165, 1.54) is 12.1 Å². The third kappa shape index (κ3) is 2.98. The van der Waals surface area contributed by atoms with Gasteiger partial charge in [-0.2, -0.15) is 0 Å². The van der Waals surface area contributed by atoms with Crippen molar-refractivity contribution in [1.29, 1.82) is 0 Å². The molecule has 0 radical (unpaired) electrons. The first-order valence-corrected chi connectivity index (χ1v) is 10.8. The van der Waals surface area contributed by atoms with Crippen LogP contribution in [0.2, 0.25) is 0 Å². The summed E-state index contributed by atoms with van der Waals surface area (Å²) < 4.78 is 13.7. The first-order valence-electron chi connectivity index (χ1n) is 10.8. The maximum atomic E-state index is 13.7. The highest BCUT2D eigenvalue weighted by molar-refractivity contribution is 5.79. The number of carbonyl (C=O) groups excluding carboxylic acids is 2. The Kier molecular flexibility index (Phi) is 4.28. The zero-order valence-corrected chi connectivity index (χ0v) is 16.9. The van der Waals surface area contributed by atoms with Crippen LogP contribution in [-0.4, -0.2) is 46.6 Å². The predicted molar refractivity (Wildman–Crippen MR) is 105 cm³/mol. The standard InChI is InChI=1S/C23H29FN2O3/c1-14(27)25-22-8-15-6-17(9-22)23(18(7-15)10-22,16-2-4-19(24)5-3-16)11-21(29)26-12-20(28)13-26/h2-5,15,17-18,20,28H,6-13H2,1H3,(H,25,27)/t15?,17?,18?,22-,23-. The Balaban J connectivity index is 1.52. The summed E-state index contributed by atoms with van der Waals surface area (Å²) in [5.74, 6) is 1.00. The van der Waals surface area contributed by atoms with Gasteiger partial charge in [0.25, 0.3) is 0 Å². The van der Waals surface area contributed by atoms with E-state index in [0.29, 0.717) is 37.3 Å². The summed E-state index contributed by atoms with van der Waals surface area (Å²) >= 11 is 0. The molecule has 4 aliphatic carbocycles. The fourth-order valence-corrected chi connectivity index (χ4v) is 7.27. The van der Waals surface area contributed by atoms with E-state index in [0.717, 1.165) is 37.7 Å². The van der Waals surface area contributed by atoms with Crippen LogP contribution in [0.25, 0.3) is 0 Å². The topological polar surface area (TPSA) is 69.6 Å². The summed E-state index contributed by atoms with van der Waals surface area (Å²) in [6.07, 6.45) is 4.91. The molecule has 29 heavy (non-hydrogen) atoms. The molecule has 2 atom stereocenters. The Labute approximate surface area is 170 Å². The molecule has 1 saturated heterocycles. The van der Waals surface area contributed by atoms with Crippen LogP contribution in [0.4, 0.5) is 4.39 Å². The normalized spacial score (nSPS) is 38.0. The molecule has 5 fully saturated rings. The number of likely N-dealkylation sites (tertiary alicyclic amines) is 1. The molecule has 1 aromatic carbocycles. The Morgan fingerprint density at radius 3 is 2.31 bits per heavy atom. The van der Waals surface area contributed by atoms with Gasteiger partial charge in [0.15, 0.2) is 0 Å². The van der Waals surface area contributed by atoms with Crippen molar-refractivity contribution in [2.24, 2.45) is 17.8 Å². The van der Waals surface area contributed by atoms with E-state index in [1.54, 1.807) is 11.8 Å². The highest BCUT2D eigenvalue weighted by Gasteiger charge is 2.63. The fraction of sp³-hybridized carbons (Fsp3) is 0.652. The minimum atomic E-state index is -0.415. The molecule has 1 aromatic rings. The summed E-state index contributed by atoms with van der Waals surface area (Å²) in [4.78, 5) is 26.8. The number of benzene rings is 1. The van der Waals surface area contributed by atoms with E-state index in [9.17, 15) is 19.1 Å². The number of aliphatic hydroxyl groups excluding tert-OH is 1. The number of β-amino-alcohol motifs (C(OH)–C–C–N with tert-alkyl or cyclic N) is 1. The molecule has 2 amide bonds. The van der Waals surface area contributed by atoms with Gasteiger partial charge in [0, 0.05) is 37.4 Å². The predicted octanol–water partition coefficient (Wildman–Crippen LogP) is 2.37. The zero-order valence-electron chi connectivity index (χ0n) is 16.9. The molecule has 2 unspecified atom stereocenters.